The highest BCUT2D eigenvalue weighted by atomic mass is 16.7. The van der Waals surface area contributed by atoms with Gasteiger partial charge in [-0.1, -0.05) is 296 Å². The summed E-state index contributed by atoms with van der Waals surface area (Å²) in [6.07, 6.45) is 79.5. The van der Waals surface area contributed by atoms with E-state index in [1.807, 2.05) is 6.08 Å². The van der Waals surface area contributed by atoms with Gasteiger partial charge in [0.15, 0.2) is 12.4 Å². The molecule has 8 atom stereocenters. The summed E-state index contributed by atoms with van der Waals surface area (Å²) in [6.45, 7) is 5.65. The quantitative estimate of drug-likeness (QED) is 0.0195. The number of nitrogens with one attached hydrogen (secondary N) is 1. The average molecular weight is 1240 g/mol. The van der Waals surface area contributed by atoms with Crippen molar-refractivity contribution in [1.82, 2.24) is 5.32 Å². The van der Waals surface area contributed by atoms with Crippen LogP contribution in [0.15, 0.2) is 122 Å². The summed E-state index contributed by atoms with van der Waals surface area (Å²) in [7, 11) is 0. The zero-order valence-electron chi connectivity index (χ0n) is 56.8. The second-order valence-corrected chi connectivity index (χ2v) is 24.6. The molecule has 0 spiro atoms. The third-order valence-electron chi connectivity index (χ3n) is 16.3. The summed E-state index contributed by atoms with van der Waals surface area (Å²) in [5, 5.41) is 57.2. The van der Waals surface area contributed by atoms with Crippen LogP contribution in [0, 0.1) is 0 Å². The normalized spacial score (nSPS) is 18.9. The number of aliphatic hydroxyl groups excluding tert-OH is 5. The molecule has 8 unspecified atom stereocenters. The van der Waals surface area contributed by atoms with E-state index in [1.165, 1.54) is 116 Å². The molecular weight excluding hydrogens is 1110 g/mol. The van der Waals surface area contributed by atoms with E-state index in [0.717, 1.165) is 135 Å². The highest BCUT2D eigenvalue weighted by molar-refractivity contribution is 5.80. The number of unbranched alkanes of at least 4 members (excludes halogenated alkanes) is 29. The van der Waals surface area contributed by atoms with E-state index in [4.69, 9.17) is 14.2 Å². The molecule has 1 rings (SSSR count). The number of hydrogen-bond donors (Lipinski definition) is 6. The summed E-state index contributed by atoms with van der Waals surface area (Å²) in [5.41, 5.74) is 0. The van der Waals surface area contributed by atoms with Gasteiger partial charge in [-0.05, 0) is 116 Å². The number of allylic oxidation sites excluding steroid dienone is 19. The Morgan fingerprint density at radius 3 is 1.24 bits per heavy atom. The number of carbonyl (C=O) groups is 2. The van der Waals surface area contributed by atoms with E-state index in [0.29, 0.717) is 12.8 Å². The maximum absolute atomic E-state index is 13.5. The van der Waals surface area contributed by atoms with Crippen molar-refractivity contribution in [2.24, 2.45) is 0 Å². The maximum Gasteiger partial charge on any atom is 0.306 e. The molecule has 0 aliphatic carbocycles. The minimum atomic E-state index is -1.63. The van der Waals surface area contributed by atoms with Crippen LogP contribution in [0.4, 0.5) is 0 Å². The standard InChI is InChI=1S/C78H133NO10/c1-4-7-10-13-16-19-22-24-26-28-30-32-34-36-38-40-42-44-46-48-51-54-57-60-63-66-73(83)89-76-75(85)74(84)72(67-80)88-78(76)87-68-69(70(81)64-61-58-55-52-49-21-18-15-12-9-6-3)79-77(86)71(82)65-62-59-56-53-50-47-45-43-41-39-37-35-33-31-29-27-25-23-20-17-14-11-8-5-2/h8,11,16-17,19-20,24-27,30-33,37,39,43,45,61,64,69-72,74-76,78,80-82,84-85H,4-7,9-10,12-15,18,21-23,28-29,34-36,38,40-42,44,46-60,62-63,65-68H2,1-3H3,(H,79,86)/b11-8-,19-16-,20-17-,26-24-,27-25-,32-30-,33-31-,39-37-,45-43-,64-61+. The van der Waals surface area contributed by atoms with Crippen LogP contribution in [0.5, 0.6) is 0 Å². The summed E-state index contributed by atoms with van der Waals surface area (Å²) < 4.78 is 17.7. The molecular formula is C78H133NO10. The van der Waals surface area contributed by atoms with Crippen molar-refractivity contribution in [3.8, 4) is 0 Å². The lowest BCUT2D eigenvalue weighted by atomic mass is 9.99. The molecule has 0 aromatic rings. The van der Waals surface area contributed by atoms with Gasteiger partial charge in [0.25, 0.3) is 0 Å². The van der Waals surface area contributed by atoms with Gasteiger partial charge in [-0.15, -0.1) is 0 Å². The van der Waals surface area contributed by atoms with Crippen molar-refractivity contribution >= 4 is 11.9 Å². The highest BCUT2D eigenvalue weighted by Crippen LogP contribution is 2.26. The molecule has 89 heavy (non-hydrogen) atoms. The largest absolute Gasteiger partial charge is 0.454 e. The summed E-state index contributed by atoms with van der Waals surface area (Å²) in [5.74, 6) is -1.21. The van der Waals surface area contributed by atoms with Crippen LogP contribution in [0.1, 0.15) is 297 Å². The van der Waals surface area contributed by atoms with Crippen molar-refractivity contribution in [2.45, 2.75) is 346 Å². The third-order valence-corrected chi connectivity index (χ3v) is 16.3. The molecule has 1 fully saturated rings. The van der Waals surface area contributed by atoms with Gasteiger partial charge < -0.3 is 45.1 Å². The van der Waals surface area contributed by atoms with E-state index in [9.17, 15) is 35.1 Å². The van der Waals surface area contributed by atoms with E-state index in [-0.39, 0.29) is 19.4 Å². The van der Waals surface area contributed by atoms with Crippen LogP contribution >= 0.6 is 0 Å². The summed E-state index contributed by atoms with van der Waals surface area (Å²) in [6, 6.07) is -1.04. The molecule has 1 saturated heterocycles. The lowest BCUT2D eigenvalue weighted by molar-refractivity contribution is -0.305. The monoisotopic (exact) mass is 1240 g/mol. The molecule has 1 amide bonds. The Labute approximate surface area is 544 Å². The number of carbonyl (C=O) groups excluding carboxylic acids is 2. The Morgan fingerprint density at radius 1 is 0.449 bits per heavy atom. The number of amides is 1. The van der Waals surface area contributed by atoms with Gasteiger partial charge in [-0.3, -0.25) is 9.59 Å². The van der Waals surface area contributed by atoms with Gasteiger partial charge in [0, 0.05) is 6.42 Å². The smallest absolute Gasteiger partial charge is 0.306 e. The molecule has 1 aliphatic heterocycles. The Bertz CT molecular complexity index is 1920. The van der Waals surface area contributed by atoms with Gasteiger partial charge in [0.05, 0.1) is 25.4 Å². The van der Waals surface area contributed by atoms with E-state index >= 15 is 0 Å². The molecule has 0 aromatic carbocycles. The van der Waals surface area contributed by atoms with Crippen LogP contribution in [0.25, 0.3) is 0 Å². The van der Waals surface area contributed by atoms with E-state index in [1.54, 1.807) is 6.08 Å². The van der Waals surface area contributed by atoms with Gasteiger partial charge in [-0.2, -0.15) is 0 Å². The minimum absolute atomic E-state index is 0.114. The van der Waals surface area contributed by atoms with Gasteiger partial charge in [-0.25, -0.2) is 0 Å². The number of aliphatic hydroxyl groups is 5. The van der Waals surface area contributed by atoms with Crippen molar-refractivity contribution in [1.29, 1.82) is 0 Å². The molecule has 0 bridgehead atoms. The number of hydrogen-bond acceptors (Lipinski definition) is 10. The van der Waals surface area contributed by atoms with Crippen LogP contribution in [0.2, 0.25) is 0 Å². The fourth-order valence-electron chi connectivity index (χ4n) is 10.7. The summed E-state index contributed by atoms with van der Waals surface area (Å²) >= 11 is 0. The fraction of sp³-hybridized carbons (Fsp3) is 0.718. The zero-order chi connectivity index (χ0) is 64.6. The predicted octanol–water partition coefficient (Wildman–Crippen LogP) is 19.0. The van der Waals surface area contributed by atoms with Crippen LogP contribution < -0.4 is 5.32 Å². The highest BCUT2D eigenvalue weighted by Gasteiger charge is 2.47. The fourth-order valence-corrected chi connectivity index (χ4v) is 10.7. The Morgan fingerprint density at radius 2 is 0.809 bits per heavy atom. The first-order valence-corrected chi connectivity index (χ1v) is 36.3. The van der Waals surface area contributed by atoms with Gasteiger partial charge in [0.1, 0.15) is 24.4 Å². The first kappa shape index (κ1) is 83.1. The molecule has 0 radical (unpaired) electrons. The molecule has 11 heteroatoms. The topological polar surface area (TPSA) is 175 Å². The SMILES string of the molecule is CC/C=C\C/C=C\C/C=C\C/C=C\C/C=C\C/C=C\CCCCCCCC(O)C(=O)NC(COC1OC(CO)C(O)C(O)C1OC(=O)CCCCCCCCCCCCCC/C=C\C/C=C\C/C=C\CCCCC)C(O)/C=C/CCCCCCCCCCC. The molecule has 510 valence electrons. The molecule has 11 nitrogen and oxygen atoms in total. The second-order valence-electron chi connectivity index (χ2n) is 24.6. The van der Waals surface area contributed by atoms with Crippen molar-refractivity contribution in [3.63, 3.8) is 0 Å². The molecule has 0 aromatic heterocycles. The van der Waals surface area contributed by atoms with Gasteiger partial charge >= 0.3 is 5.97 Å². The summed E-state index contributed by atoms with van der Waals surface area (Å²) in [4.78, 5) is 26.7. The minimum Gasteiger partial charge on any atom is -0.454 e. The van der Waals surface area contributed by atoms with E-state index in [2.05, 4.69) is 135 Å². The molecule has 6 N–H and O–H groups in total. The lowest BCUT2D eigenvalue weighted by Crippen LogP contribution is -2.61. The van der Waals surface area contributed by atoms with Gasteiger partial charge in [0.2, 0.25) is 5.91 Å². The van der Waals surface area contributed by atoms with Crippen molar-refractivity contribution in [3.05, 3.63) is 122 Å². The third kappa shape index (κ3) is 51.3. The Balaban J connectivity index is 2.56. The van der Waals surface area contributed by atoms with E-state index < -0.39 is 67.4 Å². The first-order chi connectivity index (χ1) is 43.7. The zero-order valence-corrected chi connectivity index (χ0v) is 56.8. The Hall–Kier alpha value is -3.94. The first-order valence-electron chi connectivity index (χ1n) is 36.3. The second kappa shape index (κ2) is 64.2. The number of esters is 1. The average Bonchev–Trinajstić information content (AvgIpc) is 3.72. The molecule has 1 aliphatic rings. The number of rotatable bonds is 61. The molecule has 1 heterocycles. The molecule has 0 saturated carbocycles. The van der Waals surface area contributed by atoms with Crippen LogP contribution in [-0.2, 0) is 23.8 Å². The van der Waals surface area contributed by atoms with Crippen molar-refractivity contribution in [2.75, 3.05) is 13.2 Å². The Kier molecular flexibility index (Phi) is 59.9. The predicted molar refractivity (Wildman–Crippen MR) is 374 cm³/mol. The van der Waals surface area contributed by atoms with Crippen LogP contribution in [-0.4, -0.2) is 99.6 Å². The van der Waals surface area contributed by atoms with Crippen LogP contribution in [0.3, 0.4) is 0 Å². The van der Waals surface area contributed by atoms with Crippen molar-refractivity contribution < 1.29 is 49.3 Å². The maximum atomic E-state index is 13.5. The number of ether oxygens (including phenoxy) is 3. The lowest BCUT2D eigenvalue weighted by Gasteiger charge is -2.41.